The summed E-state index contributed by atoms with van der Waals surface area (Å²) in [6.45, 7) is 2.84. The van der Waals surface area contributed by atoms with Gasteiger partial charge in [0.25, 0.3) is 5.91 Å². The third kappa shape index (κ3) is 4.23. The number of halogens is 1. The molecular weight excluding hydrogens is 200 g/mol. The number of nitrogens with one attached hydrogen (secondary N) is 1. The van der Waals surface area contributed by atoms with Gasteiger partial charge in [-0.3, -0.25) is 9.78 Å². The summed E-state index contributed by atoms with van der Waals surface area (Å²) in [7, 11) is 0. The molecule has 1 heterocycles. The third-order valence-electron chi connectivity index (χ3n) is 1.76. The Morgan fingerprint density at radius 3 is 2.64 bits per heavy atom. The zero-order valence-corrected chi connectivity index (χ0v) is 9.01. The largest absolute Gasteiger partial charge is 0.352 e. The van der Waals surface area contributed by atoms with Crippen molar-refractivity contribution in [2.45, 2.75) is 19.8 Å². The van der Waals surface area contributed by atoms with Gasteiger partial charge in [0.05, 0.1) is 0 Å². The van der Waals surface area contributed by atoms with E-state index in [0.29, 0.717) is 5.56 Å². The molecule has 0 saturated carbocycles. The molecule has 3 nitrogen and oxygen atoms in total. The normalized spacial score (nSPS) is 8.93. The lowest BCUT2D eigenvalue weighted by molar-refractivity contribution is 0.0953. The molecule has 0 aliphatic heterocycles. The Balaban J connectivity index is 0.00000169. The molecule has 0 atom stereocenters. The number of pyridine rings is 1. The van der Waals surface area contributed by atoms with Gasteiger partial charge in [0.15, 0.2) is 0 Å². The molecule has 78 valence electrons. The summed E-state index contributed by atoms with van der Waals surface area (Å²) >= 11 is 0. The van der Waals surface area contributed by atoms with Crippen molar-refractivity contribution in [3.8, 4) is 0 Å². The van der Waals surface area contributed by atoms with Gasteiger partial charge in [0, 0.05) is 24.5 Å². The highest BCUT2D eigenvalue weighted by Gasteiger charge is 2.01. The quantitative estimate of drug-likeness (QED) is 0.780. The minimum Gasteiger partial charge on any atom is -0.352 e. The van der Waals surface area contributed by atoms with Crippen LogP contribution in [0.3, 0.4) is 0 Å². The highest BCUT2D eigenvalue weighted by atomic mass is 35.5. The molecule has 0 unspecified atom stereocenters. The van der Waals surface area contributed by atoms with E-state index in [4.69, 9.17) is 0 Å². The molecule has 0 bridgehead atoms. The van der Waals surface area contributed by atoms with Crippen molar-refractivity contribution >= 4 is 18.3 Å². The minimum atomic E-state index is -0.0177. The average Bonchev–Trinajstić information content (AvgIpc) is 2.19. The number of nitrogens with zero attached hydrogens (tertiary/aromatic N) is 1. The van der Waals surface area contributed by atoms with Gasteiger partial charge in [0.2, 0.25) is 0 Å². The number of hydrogen-bond donors (Lipinski definition) is 1. The molecule has 4 heteroatoms. The van der Waals surface area contributed by atoms with Gasteiger partial charge in [-0.25, -0.2) is 0 Å². The average molecular weight is 215 g/mol. The van der Waals surface area contributed by atoms with Gasteiger partial charge in [-0.15, -0.1) is 12.4 Å². The highest BCUT2D eigenvalue weighted by Crippen LogP contribution is 1.95. The molecule has 0 spiro atoms. The Morgan fingerprint density at radius 1 is 1.43 bits per heavy atom. The number of unbranched alkanes of at least 4 members (excludes halogenated alkanes) is 1. The van der Waals surface area contributed by atoms with E-state index in [-0.39, 0.29) is 18.3 Å². The highest BCUT2D eigenvalue weighted by molar-refractivity contribution is 5.93. The van der Waals surface area contributed by atoms with E-state index in [9.17, 15) is 4.79 Å². The third-order valence-corrected chi connectivity index (χ3v) is 1.76. The lowest BCUT2D eigenvalue weighted by Crippen LogP contribution is -2.24. The Hall–Kier alpha value is -1.09. The molecule has 14 heavy (non-hydrogen) atoms. The van der Waals surface area contributed by atoms with Crippen LogP contribution in [0.4, 0.5) is 0 Å². The van der Waals surface area contributed by atoms with Crippen LogP contribution in [0.15, 0.2) is 24.5 Å². The molecular formula is C10H15ClN2O. The number of hydrogen-bond acceptors (Lipinski definition) is 2. The second kappa shape index (κ2) is 7.33. The summed E-state index contributed by atoms with van der Waals surface area (Å²) in [5.74, 6) is -0.0177. The maximum atomic E-state index is 11.4. The number of carbonyl (C=O) groups is 1. The molecule has 0 saturated heterocycles. The summed E-state index contributed by atoms with van der Waals surface area (Å²) < 4.78 is 0. The van der Waals surface area contributed by atoms with E-state index in [0.717, 1.165) is 19.4 Å². The summed E-state index contributed by atoms with van der Waals surface area (Å²) in [5.41, 5.74) is 0.672. The fourth-order valence-electron chi connectivity index (χ4n) is 0.984. The summed E-state index contributed by atoms with van der Waals surface area (Å²) in [6, 6.07) is 3.42. The Kier molecular flexibility index (Phi) is 6.76. The first-order valence-electron chi connectivity index (χ1n) is 4.53. The van der Waals surface area contributed by atoms with Crippen LogP contribution < -0.4 is 5.32 Å². The van der Waals surface area contributed by atoms with Crippen molar-refractivity contribution in [1.29, 1.82) is 0 Å². The zero-order chi connectivity index (χ0) is 9.52. The second-order valence-corrected chi connectivity index (χ2v) is 2.85. The van der Waals surface area contributed by atoms with Gasteiger partial charge in [-0.2, -0.15) is 0 Å². The van der Waals surface area contributed by atoms with Crippen LogP contribution in [0.2, 0.25) is 0 Å². The van der Waals surface area contributed by atoms with E-state index in [1.807, 2.05) is 0 Å². The van der Waals surface area contributed by atoms with Crippen molar-refractivity contribution < 1.29 is 4.79 Å². The number of rotatable bonds is 4. The standard InChI is InChI=1S/C10H14N2O.ClH/c1-2-3-6-12-10(13)9-4-7-11-8-5-9;/h4-5,7-8H,2-3,6H2,1H3,(H,12,13);1H. The lowest BCUT2D eigenvalue weighted by Gasteiger charge is -2.02. The van der Waals surface area contributed by atoms with Crippen molar-refractivity contribution in [2.75, 3.05) is 6.54 Å². The molecule has 0 aliphatic carbocycles. The van der Waals surface area contributed by atoms with Crippen LogP contribution in [0.5, 0.6) is 0 Å². The van der Waals surface area contributed by atoms with Crippen LogP contribution in [0, 0.1) is 0 Å². The summed E-state index contributed by atoms with van der Waals surface area (Å²) in [5, 5.41) is 2.83. The van der Waals surface area contributed by atoms with E-state index in [2.05, 4.69) is 17.2 Å². The number of amides is 1. The summed E-state index contributed by atoms with van der Waals surface area (Å²) in [4.78, 5) is 15.2. The van der Waals surface area contributed by atoms with Crippen molar-refractivity contribution in [3.05, 3.63) is 30.1 Å². The van der Waals surface area contributed by atoms with Crippen molar-refractivity contribution in [1.82, 2.24) is 10.3 Å². The molecule has 0 aliphatic rings. The molecule has 1 aromatic rings. The van der Waals surface area contributed by atoms with Gasteiger partial charge in [-0.1, -0.05) is 13.3 Å². The predicted octanol–water partition coefficient (Wildman–Crippen LogP) is 2.03. The molecule has 1 N–H and O–H groups in total. The van der Waals surface area contributed by atoms with Crippen LogP contribution in [-0.4, -0.2) is 17.4 Å². The first-order valence-corrected chi connectivity index (χ1v) is 4.53. The molecule has 1 aromatic heterocycles. The van der Waals surface area contributed by atoms with Gasteiger partial charge < -0.3 is 5.32 Å². The van der Waals surface area contributed by atoms with Crippen LogP contribution in [-0.2, 0) is 0 Å². The van der Waals surface area contributed by atoms with E-state index < -0.39 is 0 Å². The maximum Gasteiger partial charge on any atom is 0.251 e. The monoisotopic (exact) mass is 214 g/mol. The smallest absolute Gasteiger partial charge is 0.251 e. The zero-order valence-electron chi connectivity index (χ0n) is 8.19. The SMILES string of the molecule is CCCCNC(=O)c1ccncc1.Cl. The van der Waals surface area contributed by atoms with E-state index in [1.54, 1.807) is 24.5 Å². The fraction of sp³-hybridized carbons (Fsp3) is 0.400. The second-order valence-electron chi connectivity index (χ2n) is 2.85. The van der Waals surface area contributed by atoms with E-state index >= 15 is 0 Å². The topological polar surface area (TPSA) is 42.0 Å². The fourth-order valence-corrected chi connectivity index (χ4v) is 0.984. The number of carbonyl (C=O) groups excluding carboxylic acids is 1. The Morgan fingerprint density at radius 2 is 2.07 bits per heavy atom. The predicted molar refractivity (Wildman–Crippen MR) is 58.7 cm³/mol. The molecule has 0 aromatic carbocycles. The number of aromatic nitrogens is 1. The lowest BCUT2D eigenvalue weighted by atomic mass is 10.2. The van der Waals surface area contributed by atoms with Crippen molar-refractivity contribution in [2.24, 2.45) is 0 Å². The molecule has 0 fully saturated rings. The van der Waals surface area contributed by atoms with Crippen LogP contribution in [0.1, 0.15) is 30.1 Å². The van der Waals surface area contributed by atoms with Crippen LogP contribution in [0.25, 0.3) is 0 Å². The Labute approximate surface area is 90.3 Å². The van der Waals surface area contributed by atoms with Crippen molar-refractivity contribution in [3.63, 3.8) is 0 Å². The molecule has 1 amide bonds. The first kappa shape index (κ1) is 12.9. The van der Waals surface area contributed by atoms with Gasteiger partial charge in [0.1, 0.15) is 0 Å². The first-order chi connectivity index (χ1) is 6.34. The van der Waals surface area contributed by atoms with Gasteiger partial charge >= 0.3 is 0 Å². The van der Waals surface area contributed by atoms with Gasteiger partial charge in [-0.05, 0) is 18.6 Å². The van der Waals surface area contributed by atoms with E-state index in [1.165, 1.54) is 0 Å². The Bertz CT molecular complexity index is 264. The van der Waals surface area contributed by atoms with Crippen LogP contribution >= 0.6 is 12.4 Å². The maximum absolute atomic E-state index is 11.4. The summed E-state index contributed by atoms with van der Waals surface area (Å²) in [6.07, 6.45) is 5.36. The molecule has 0 radical (unpaired) electrons. The molecule has 1 rings (SSSR count). The minimum absolute atomic E-state index is 0.